The van der Waals surface area contributed by atoms with Crippen molar-refractivity contribution >= 4 is 28.6 Å². The quantitative estimate of drug-likeness (QED) is 0.579. The summed E-state index contributed by atoms with van der Waals surface area (Å²) < 4.78 is 5.20. The average molecular weight is 313 g/mol. The van der Waals surface area contributed by atoms with Crippen molar-refractivity contribution < 1.29 is 9.21 Å². The smallest absolute Gasteiger partial charge is 0.233 e. The van der Waals surface area contributed by atoms with Gasteiger partial charge in [-0.3, -0.25) is 4.79 Å². The standard InChI is InChI=1S/C16H15N3O2S/c1-11(15(20)17-9-12-5-4-8-21-12)22-16-13-6-2-3-7-14(13)18-10-19-16/h2-8,10-11H,9H2,1H3,(H,17,20)/t11-/m0/s1. The summed E-state index contributed by atoms with van der Waals surface area (Å²) in [7, 11) is 0. The van der Waals surface area contributed by atoms with Crippen molar-refractivity contribution in [2.45, 2.75) is 23.7 Å². The van der Waals surface area contributed by atoms with Gasteiger partial charge < -0.3 is 9.73 Å². The fourth-order valence-electron chi connectivity index (χ4n) is 2.03. The third-order valence-electron chi connectivity index (χ3n) is 3.18. The van der Waals surface area contributed by atoms with Gasteiger partial charge in [0.2, 0.25) is 5.91 Å². The number of furan rings is 1. The van der Waals surface area contributed by atoms with E-state index in [4.69, 9.17) is 4.42 Å². The number of hydrogen-bond acceptors (Lipinski definition) is 5. The Kier molecular flexibility index (Phi) is 4.39. The summed E-state index contributed by atoms with van der Waals surface area (Å²) >= 11 is 1.42. The summed E-state index contributed by atoms with van der Waals surface area (Å²) in [6, 6.07) is 11.4. The van der Waals surface area contributed by atoms with E-state index in [-0.39, 0.29) is 11.2 Å². The lowest BCUT2D eigenvalue weighted by molar-refractivity contribution is -0.120. The third kappa shape index (κ3) is 3.28. The first kappa shape index (κ1) is 14.6. The highest BCUT2D eigenvalue weighted by Gasteiger charge is 2.16. The number of nitrogens with one attached hydrogen (secondary N) is 1. The highest BCUT2D eigenvalue weighted by atomic mass is 32.2. The molecule has 6 heteroatoms. The minimum Gasteiger partial charge on any atom is -0.467 e. The number of amides is 1. The van der Waals surface area contributed by atoms with E-state index in [1.807, 2.05) is 37.3 Å². The Hall–Kier alpha value is -2.34. The number of fused-ring (bicyclic) bond motifs is 1. The van der Waals surface area contributed by atoms with E-state index in [0.717, 1.165) is 21.7 Å². The van der Waals surface area contributed by atoms with E-state index in [9.17, 15) is 4.79 Å². The molecule has 1 atom stereocenters. The number of carbonyl (C=O) groups excluding carboxylic acids is 1. The summed E-state index contributed by atoms with van der Waals surface area (Å²) in [5.74, 6) is 0.683. The number of nitrogens with zero attached hydrogens (tertiary/aromatic N) is 2. The van der Waals surface area contributed by atoms with Gasteiger partial charge in [0.1, 0.15) is 17.1 Å². The molecular weight excluding hydrogens is 298 g/mol. The molecule has 5 nitrogen and oxygen atoms in total. The Bertz CT molecular complexity index is 769. The zero-order chi connectivity index (χ0) is 15.4. The molecule has 0 spiro atoms. The van der Waals surface area contributed by atoms with E-state index in [2.05, 4.69) is 15.3 Å². The van der Waals surface area contributed by atoms with Crippen LogP contribution in [0.15, 0.2) is 58.4 Å². The minimum absolute atomic E-state index is 0.0518. The Morgan fingerprint density at radius 3 is 2.95 bits per heavy atom. The highest BCUT2D eigenvalue weighted by molar-refractivity contribution is 8.00. The van der Waals surface area contributed by atoms with Crippen molar-refractivity contribution in [2.24, 2.45) is 0 Å². The average Bonchev–Trinajstić information content (AvgIpc) is 3.06. The van der Waals surface area contributed by atoms with Crippen LogP contribution in [0.4, 0.5) is 0 Å². The van der Waals surface area contributed by atoms with Crippen LogP contribution in [0.5, 0.6) is 0 Å². The van der Waals surface area contributed by atoms with E-state index in [0.29, 0.717) is 6.54 Å². The van der Waals surface area contributed by atoms with Gasteiger partial charge in [0, 0.05) is 5.39 Å². The molecule has 2 aromatic heterocycles. The van der Waals surface area contributed by atoms with Gasteiger partial charge >= 0.3 is 0 Å². The molecular formula is C16H15N3O2S. The molecule has 0 aliphatic rings. The first-order chi connectivity index (χ1) is 10.7. The number of rotatable bonds is 5. The van der Waals surface area contributed by atoms with Gasteiger partial charge in [0.05, 0.1) is 23.6 Å². The second kappa shape index (κ2) is 6.62. The van der Waals surface area contributed by atoms with Crippen LogP contribution in [-0.2, 0) is 11.3 Å². The van der Waals surface area contributed by atoms with Gasteiger partial charge in [-0.05, 0) is 25.1 Å². The fourth-order valence-corrected chi connectivity index (χ4v) is 2.96. The number of aromatic nitrogens is 2. The summed E-state index contributed by atoms with van der Waals surface area (Å²) in [5, 5.41) is 4.37. The summed E-state index contributed by atoms with van der Waals surface area (Å²) in [4.78, 5) is 20.7. The van der Waals surface area contributed by atoms with Crippen molar-refractivity contribution in [3.63, 3.8) is 0 Å². The molecule has 22 heavy (non-hydrogen) atoms. The molecule has 3 rings (SSSR count). The molecule has 0 saturated heterocycles. The van der Waals surface area contributed by atoms with Crippen LogP contribution in [0.1, 0.15) is 12.7 Å². The summed E-state index contributed by atoms with van der Waals surface area (Å²) in [6.45, 7) is 2.25. The lowest BCUT2D eigenvalue weighted by Gasteiger charge is -2.11. The van der Waals surface area contributed by atoms with Gasteiger partial charge in [-0.15, -0.1) is 0 Å². The molecule has 2 heterocycles. The summed E-state index contributed by atoms with van der Waals surface area (Å²) in [5.41, 5.74) is 0.878. The Labute approximate surface area is 132 Å². The first-order valence-electron chi connectivity index (χ1n) is 6.90. The van der Waals surface area contributed by atoms with Gasteiger partial charge in [0.15, 0.2) is 0 Å². The van der Waals surface area contributed by atoms with Gasteiger partial charge in [-0.25, -0.2) is 9.97 Å². The van der Waals surface area contributed by atoms with Crippen molar-refractivity contribution in [1.29, 1.82) is 0 Å². The van der Waals surface area contributed by atoms with Crippen LogP contribution in [0, 0.1) is 0 Å². The molecule has 0 saturated carbocycles. The molecule has 1 amide bonds. The third-order valence-corrected chi connectivity index (χ3v) is 4.30. The van der Waals surface area contributed by atoms with Crippen molar-refractivity contribution in [3.8, 4) is 0 Å². The minimum atomic E-state index is -0.256. The second-order valence-corrected chi connectivity index (χ2v) is 6.08. The van der Waals surface area contributed by atoms with E-state index in [1.54, 1.807) is 12.3 Å². The van der Waals surface area contributed by atoms with E-state index in [1.165, 1.54) is 18.1 Å². The normalized spacial score (nSPS) is 12.2. The SMILES string of the molecule is C[C@H](Sc1ncnc2ccccc12)C(=O)NCc1ccco1. The van der Waals surface area contributed by atoms with E-state index < -0.39 is 0 Å². The topological polar surface area (TPSA) is 68.0 Å². The molecule has 0 radical (unpaired) electrons. The van der Waals surface area contributed by atoms with Crippen LogP contribution in [-0.4, -0.2) is 21.1 Å². The van der Waals surface area contributed by atoms with Crippen LogP contribution in [0.25, 0.3) is 10.9 Å². The first-order valence-corrected chi connectivity index (χ1v) is 7.78. The van der Waals surface area contributed by atoms with Crippen LogP contribution in [0.2, 0.25) is 0 Å². The predicted molar refractivity (Wildman–Crippen MR) is 85.4 cm³/mol. The molecule has 1 aromatic carbocycles. The number of carbonyl (C=O) groups is 1. The van der Waals surface area contributed by atoms with Gasteiger partial charge in [-0.1, -0.05) is 30.0 Å². The maximum absolute atomic E-state index is 12.2. The monoisotopic (exact) mass is 313 g/mol. The van der Waals surface area contributed by atoms with Crippen molar-refractivity contribution in [2.75, 3.05) is 0 Å². The fraction of sp³-hybridized carbons (Fsp3) is 0.188. The number of hydrogen-bond donors (Lipinski definition) is 1. The molecule has 0 unspecified atom stereocenters. The zero-order valence-electron chi connectivity index (χ0n) is 12.0. The van der Waals surface area contributed by atoms with Crippen molar-refractivity contribution in [3.05, 3.63) is 54.7 Å². The number of para-hydroxylation sites is 1. The molecule has 1 N–H and O–H groups in total. The molecule has 112 valence electrons. The number of thioether (sulfide) groups is 1. The molecule has 0 aliphatic carbocycles. The van der Waals surface area contributed by atoms with Gasteiger partial charge in [0.25, 0.3) is 0 Å². The van der Waals surface area contributed by atoms with Crippen LogP contribution < -0.4 is 5.32 Å². The second-order valence-electron chi connectivity index (χ2n) is 4.75. The lowest BCUT2D eigenvalue weighted by atomic mass is 10.2. The zero-order valence-corrected chi connectivity index (χ0v) is 12.8. The maximum Gasteiger partial charge on any atom is 0.233 e. The molecule has 0 aliphatic heterocycles. The van der Waals surface area contributed by atoms with Gasteiger partial charge in [-0.2, -0.15) is 0 Å². The predicted octanol–water partition coefficient (Wildman–Crippen LogP) is 3.02. The number of benzene rings is 1. The molecule has 0 fully saturated rings. The Balaban J connectivity index is 1.67. The molecule has 3 aromatic rings. The highest BCUT2D eigenvalue weighted by Crippen LogP contribution is 2.27. The van der Waals surface area contributed by atoms with Crippen molar-refractivity contribution in [1.82, 2.24) is 15.3 Å². The molecule has 0 bridgehead atoms. The maximum atomic E-state index is 12.2. The van der Waals surface area contributed by atoms with Crippen LogP contribution in [0.3, 0.4) is 0 Å². The largest absolute Gasteiger partial charge is 0.467 e. The van der Waals surface area contributed by atoms with Crippen LogP contribution >= 0.6 is 11.8 Å². The lowest BCUT2D eigenvalue weighted by Crippen LogP contribution is -2.30. The van der Waals surface area contributed by atoms with E-state index >= 15 is 0 Å². The summed E-state index contributed by atoms with van der Waals surface area (Å²) in [6.07, 6.45) is 3.12. The Morgan fingerprint density at radius 2 is 2.14 bits per heavy atom. The Morgan fingerprint density at radius 1 is 1.27 bits per heavy atom.